The Morgan fingerprint density at radius 2 is 2.14 bits per heavy atom. The maximum Gasteiger partial charge on any atom is 0.270 e. The molecule has 6 nitrogen and oxygen atoms in total. The van der Waals surface area contributed by atoms with Crippen molar-refractivity contribution in [2.75, 3.05) is 6.54 Å². The Balaban J connectivity index is 3.03. The molecule has 1 atom stereocenters. The third-order valence-electron chi connectivity index (χ3n) is 3.13. The van der Waals surface area contributed by atoms with Crippen molar-refractivity contribution in [3.63, 3.8) is 0 Å². The van der Waals surface area contributed by atoms with Crippen molar-refractivity contribution in [3.8, 4) is 0 Å². The minimum absolute atomic E-state index is 0.0781. The van der Waals surface area contributed by atoms with E-state index in [1.54, 1.807) is 0 Å². The van der Waals surface area contributed by atoms with Crippen LogP contribution in [0.15, 0.2) is 18.2 Å². The number of carbonyl (C=O) groups is 1. The quantitative estimate of drug-likeness (QED) is 0.623. The zero-order chi connectivity index (χ0) is 16.2. The van der Waals surface area contributed by atoms with Gasteiger partial charge in [0.1, 0.15) is 0 Å². The lowest BCUT2D eigenvalue weighted by Crippen LogP contribution is -2.52. The highest BCUT2D eigenvalue weighted by Gasteiger charge is 2.27. The molecule has 7 heteroatoms. The second-order valence-electron chi connectivity index (χ2n) is 5.74. The van der Waals surface area contributed by atoms with E-state index in [1.807, 2.05) is 20.8 Å². The molecular formula is C14H20ClN3O3. The Hall–Kier alpha value is -1.66. The first-order valence-corrected chi connectivity index (χ1v) is 7.03. The van der Waals surface area contributed by atoms with Crippen LogP contribution < -0.4 is 11.1 Å². The maximum atomic E-state index is 12.3. The number of non-ortho nitro benzene ring substituents is 1. The molecule has 1 unspecified atom stereocenters. The number of nitrogens with one attached hydrogen (secondary N) is 1. The monoisotopic (exact) mass is 313 g/mol. The number of hydrogen-bond donors (Lipinski definition) is 2. The average molecular weight is 314 g/mol. The Morgan fingerprint density at radius 3 is 2.62 bits per heavy atom. The van der Waals surface area contributed by atoms with Crippen molar-refractivity contribution in [1.29, 1.82) is 0 Å². The normalized spacial score (nSPS) is 13.8. The van der Waals surface area contributed by atoms with E-state index in [-0.39, 0.29) is 22.8 Å². The van der Waals surface area contributed by atoms with Crippen molar-refractivity contribution in [2.45, 2.75) is 32.7 Å². The fourth-order valence-electron chi connectivity index (χ4n) is 2.23. The molecule has 3 N–H and O–H groups in total. The van der Waals surface area contributed by atoms with E-state index < -0.39 is 16.4 Å². The van der Waals surface area contributed by atoms with Crippen LogP contribution >= 0.6 is 11.6 Å². The van der Waals surface area contributed by atoms with Crippen LogP contribution in [0.2, 0.25) is 5.02 Å². The first-order chi connectivity index (χ1) is 9.68. The molecule has 0 aliphatic carbocycles. The number of nitro benzene ring substituents is 1. The lowest BCUT2D eigenvalue weighted by molar-refractivity contribution is -0.384. The minimum Gasteiger partial charge on any atom is -0.346 e. The second kappa shape index (κ2) is 6.87. The molecule has 0 aliphatic heterocycles. The lowest BCUT2D eigenvalue weighted by atomic mass is 9.90. The molecule has 116 valence electrons. The molecule has 0 radical (unpaired) electrons. The van der Waals surface area contributed by atoms with E-state index in [9.17, 15) is 14.9 Å². The Bertz CT molecular complexity index is 548. The molecule has 0 aliphatic rings. The summed E-state index contributed by atoms with van der Waals surface area (Å²) in [5.41, 5.74) is 5.06. The van der Waals surface area contributed by atoms with Crippen molar-refractivity contribution in [1.82, 2.24) is 5.32 Å². The van der Waals surface area contributed by atoms with Gasteiger partial charge in [0.15, 0.2) is 0 Å². The highest BCUT2D eigenvalue weighted by atomic mass is 35.5. The van der Waals surface area contributed by atoms with Gasteiger partial charge in [-0.05, 0) is 25.3 Å². The standard InChI is InChI=1S/C14H20ClN3O3/c1-9(2)7-14(3,8-16)17-13(19)11-6-10(18(20)21)4-5-12(11)15/h4-6,9H,7-8,16H2,1-3H3,(H,17,19). The van der Waals surface area contributed by atoms with Crippen LogP contribution in [0, 0.1) is 16.0 Å². The van der Waals surface area contributed by atoms with E-state index in [1.165, 1.54) is 18.2 Å². The van der Waals surface area contributed by atoms with Crippen LogP contribution in [0.1, 0.15) is 37.6 Å². The Kier molecular flexibility index (Phi) is 5.69. The molecule has 0 aromatic heterocycles. The van der Waals surface area contributed by atoms with Gasteiger partial charge >= 0.3 is 0 Å². The molecule has 1 aromatic carbocycles. The summed E-state index contributed by atoms with van der Waals surface area (Å²) in [7, 11) is 0. The number of hydrogen-bond acceptors (Lipinski definition) is 4. The zero-order valence-corrected chi connectivity index (χ0v) is 13.1. The predicted molar refractivity (Wildman–Crippen MR) is 82.5 cm³/mol. The SMILES string of the molecule is CC(C)CC(C)(CN)NC(=O)c1cc([N+](=O)[O-])ccc1Cl. The van der Waals surface area contributed by atoms with Crippen molar-refractivity contribution in [2.24, 2.45) is 11.7 Å². The minimum atomic E-state index is -0.584. The molecule has 1 amide bonds. The molecule has 0 saturated carbocycles. The first-order valence-electron chi connectivity index (χ1n) is 6.65. The van der Waals surface area contributed by atoms with Gasteiger partial charge in [-0.1, -0.05) is 25.4 Å². The largest absolute Gasteiger partial charge is 0.346 e. The van der Waals surface area contributed by atoms with Gasteiger partial charge in [0, 0.05) is 24.2 Å². The number of benzene rings is 1. The summed E-state index contributed by atoms with van der Waals surface area (Å²) in [6.45, 7) is 6.17. The molecule has 21 heavy (non-hydrogen) atoms. The fraction of sp³-hybridized carbons (Fsp3) is 0.500. The molecule has 1 rings (SSSR count). The van der Waals surface area contributed by atoms with Crippen LogP contribution in [-0.2, 0) is 0 Å². The highest BCUT2D eigenvalue weighted by Crippen LogP contribution is 2.23. The van der Waals surface area contributed by atoms with Crippen LogP contribution in [-0.4, -0.2) is 22.9 Å². The average Bonchev–Trinajstić information content (AvgIpc) is 2.37. The summed E-state index contributed by atoms with van der Waals surface area (Å²) >= 11 is 5.96. The third kappa shape index (κ3) is 4.68. The van der Waals surface area contributed by atoms with Gasteiger partial charge in [0.05, 0.1) is 15.5 Å². The van der Waals surface area contributed by atoms with Crippen LogP contribution in [0.5, 0.6) is 0 Å². The summed E-state index contributed by atoms with van der Waals surface area (Å²) in [4.78, 5) is 22.5. The number of rotatable bonds is 6. The van der Waals surface area contributed by atoms with Crippen molar-refractivity contribution < 1.29 is 9.72 Å². The van der Waals surface area contributed by atoms with E-state index in [2.05, 4.69) is 5.32 Å². The van der Waals surface area contributed by atoms with Crippen LogP contribution in [0.4, 0.5) is 5.69 Å². The van der Waals surface area contributed by atoms with Gasteiger partial charge in [-0.2, -0.15) is 0 Å². The van der Waals surface area contributed by atoms with Gasteiger partial charge in [0.2, 0.25) is 0 Å². The second-order valence-corrected chi connectivity index (χ2v) is 6.15. The molecule has 1 aromatic rings. The smallest absolute Gasteiger partial charge is 0.270 e. The van der Waals surface area contributed by atoms with E-state index >= 15 is 0 Å². The zero-order valence-electron chi connectivity index (χ0n) is 12.4. The van der Waals surface area contributed by atoms with Gasteiger partial charge in [-0.15, -0.1) is 0 Å². The summed E-state index contributed by atoms with van der Waals surface area (Å²) in [6, 6.07) is 3.77. The summed E-state index contributed by atoms with van der Waals surface area (Å²) in [5.74, 6) is -0.114. The van der Waals surface area contributed by atoms with E-state index in [0.29, 0.717) is 12.3 Å². The molecule has 0 bridgehead atoms. The van der Waals surface area contributed by atoms with Gasteiger partial charge < -0.3 is 11.1 Å². The number of carbonyl (C=O) groups excluding carboxylic acids is 1. The van der Waals surface area contributed by atoms with Gasteiger partial charge in [-0.25, -0.2) is 0 Å². The number of halogens is 1. The lowest BCUT2D eigenvalue weighted by Gasteiger charge is -2.31. The summed E-state index contributed by atoms with van der Waals surface area (Å²) in [5, 5.41) is 13.8. The van der Waals surface area contributed by atoms with Gasteiger partial charge in [-0.3, -0.25) is 14.9 Å². The van der Waals surface area contributed by atoms with Crippen molar-refractivity contribution in [3.05, 3.63) is 38.9 Å². The number of amides is 1. The molecule has 0 spiro atoms. The third-order valence-corrected chi connectivity index (χ3v) is 3.46. The maximum absolute atomic E-state index is 12.3. The molecular weight excluding hydrogens is 294 g/mol. The van der Waals surface area contributed by atoms with Gasteiger partial charge in [0.25, 0.3) is 11.6 Å². The summed E-state index contributed by atoms with van der Waals surface area (Å²) in [6.07, 6.45) is 0.696. The topological polar surface area (TPSA) is 98.3 Å². The number of nitro groups is 1. The van der Waals surface area contributed by atoms with Crippen LogP contribution in [0.3, 0.4) is 0 Å². The van der Waals surface area contributed by atoms with E-state index in [0.717, 1.165) is 0 Å². The highest BCUT2D eigenvalue weighted by molar-refractivity contribution is 6.34. The fourth-order valence-corrected chi connectivity index (χ4v) is 2.43. The Labute approximate surface area is 128 Å². The van der Waals surface area contributed by atoms with Crippen molar-refractivity contribution >= 4 is 23.2 Å². The van der Waals surface area contributed by atoms with Crippen LogP contribution in [0.25, 0.3) is 0 Å². The van der Waals surface area contributed by atoms with E-state index in [4.69, 9.17) is 17.3 Å². The number of nitrogens with two attached hydrogens (primary N) is 1. The molecule has 0 saturated heterocycles. The first kappa shape index (κ1) is 17.4. The molecule has 0 heterocycles. The summed E-state index contributed by atoms with van der Waals surface area (Å²) < 4.78 is 0. The number of nitrogens with zero attached hydrogens (tertiary/aromatic N) is 1. The predicted octanol–water partition coefficient (Wildman–Crippen LogP) is 2.74. The Morgan fingerprint density at radius 1 is 1.52 bits per heavy atom. The molecule has 0 fully saturated rings.